The van der Waals surface area contributed by atoms with Gasteiger partial charge in [0.1, 0.15) is 5.75 Å². The molecule has 2 aromatic heterocycles. The lowest BCUT2D eigenvalue weighted by molar-refractivity contribution is 0.0793. The summed E-state index contributed by atoms with van der Waals surface area (Å²) in [5, 5.41) is 9.56. The van der Waals surface area contributed by atoms with E-state index in [0.29, 0.717) is 17.3 Å². The molecule has 0 saturated carbocycles. The van der Waals surface area contributed by atoms with Gasteiger partial charge >= 0.3 is 0 Å². The number of benzene rings is 2. The Kier molecular flexibility index (Phi) is 6.17. The second kappa shape index (κ2) is 9.54. The fourth-order valence-electron chi connectivity index (χ4n) is 3.95. The molecule has 0 bridgehead atoms. The Labute approximate surface area is 196 Å². The van der Waals surface area contributed by atoms with E-state index < -0.39 is 0 Å². The summed E-state index contributed by atoms with van der Waals surface area (Å²) in [6, 6.07) is 19.3. The lowest BCUT2D eigenvalue weighted by atomic mass is 10.1. The van der Waals surface area contributed by atoms with Crippen LogP contribution in [0, 0.1) is 0 Å². The average Bonchev–Trinajstić information content (AvgIpc) is 3.64. The Morgan fingerprint density at radius 1 is 1.03 bits per heavy atom. The van der Waals surface area contributed by atoms with Crippen LogP contribution in [-0.2, 0) is 5.75 Å². The number of amides is 1. The zero-order valence-electron chi connectivity index (χ0n) is 18.3. The smallest absolute Gasteiger partial charge is 0.253 e. The first-order chi connectivity index (χ1) is 16.2. The molecule has 0 unspecified atom stereocenters. The number of furan rings is 1. The standard InChI is InChI=1S/C25H24N4O3S/c1-31-21-8-3-2-7-20(21)29-23(22-9-6-16-32-22)26-27-25(29)33-17-18-10-12-19(13-11-18)24(30)28-14-4-5-15-28/h2-3,6-13,16H,4-5,14-15,17H2,1H3. The Balaban J connectivity index is 1.39. The van der Waals surface area contributed by atoms with Gasteiger partial charge in [0, 0.05) is 24.4 Å². The molecule has 4 aromatic rings. The van der Waals surface area contributed by atoms with E-state index in [1.54, 1.807) is 25.1 Å². The van der Waals surface area contributed by atoms with Gasteiger partial charge in [-0.15, -0.1) is 10.2 Å². The van der Waals surface area contributed by atoms with Crippen LogP contribution in [-0.4, -0.2) is 45.8 Å². The molecule has 1 saturated heterocycles. The lowest BCUT2D eigenvalue weighted by Crippen LogP contribution is -2.27. The molecule has 1 amide bonds. The number of hydrogen-bond acceptors (Lipinski definition) is 6. The van der Waals surface area contributed by atoms with E-state index in [9.17, 15) is 4.79 Å². The number of ether oxygens (including phenoxy) is 1. The van der Waals surface area contributed by atoms with E-state index in [1.807, 2.05) is 70.1 Å². The van der Waals surface area contributed by atoms with Gasteiger partial charge in [0.2, 0.25) is 5.82 Å². The Morgan fingerprint density at radius 2 is 1.82 bits per heavy atom. The summed E-state index contributed by atoms with van der Waals surface area (Å²) in [6.45, 7) is 1.71. The van der Waals surface area contributed by atoms with Crippen molar-refractivity contribution >= 4 is 17.7 Å². The molecule has 0 aliphatic carbocycles. The fraction of sp³-hybridized carbons (Fsp3) is 0.240. The topological polar surface area (TPSA) is 73.4 Å². The number of nitrogens with zero attached hydrogens (tertiary/aromatic N) is 4. The first-order valence-electron chi connectivity index (χ1n) is 10.9. The number of carbonyl (C=O) groups is 1. The van der Waals surface area contributed by atoms with Gasteiger partial charge in [0.25, 0.3) is 5.91 Å². The molecule has 7 nitrogen and oxygen atoms in total. The second-order valence-electron chi connectivity index (χ2n) is 7.78. The summed E-state index contributed by atoms with van der Waals surface area (Å²) >= 11 is 1.57. The molecule has 8 heteroatoms. The molecule has 0 radical (unpaired) electrons. The maximum atomic E-state index is 12.6. The normalized spacial score (nSPS) is 13.4. The molecular weight excluding hydrogens is 436 g/mol. The SMILES string of the molecule is COc1ccccc1-n1c(SCc2ccc(C(=O)N3CCCC3)cc2)nnc1-c1ccco1. The van der Waals surface area contributed by atoms with Crippen LogP contribution < -0.4 is 4.74 Å². The summed E-state index contributed by atoms with van der Waals surface area (Å²) < 4.78 is 13.1. The molecular formula is C25H24N4O3S. The van der Waals surface area contributed by atoms with Crippen LogP contribution in [0.15, 0.2) is 76.5 Å². The average molecular weight is 461 g/mol. The van der Waals surface area contributed by atoms with Gasteiger partial charge in [0.05, 0.1) is 19.1 Å². The quantitative estimate of drug-likeness (QED) is 0.359. The number of likely N-dealkylation sites (tertiary alicyclic amines) is 1. The number of para-hydroxylation sites is 2. The molecule has 33 heavy (non-hydrogen) atoms. The van der Waals surface area contributed by atoms with Crippen LogP contribution in [0.3, 0.4) is 0 Å². The minimum absolute atomic E-state index is 0.116. The number of rotatable bonds is 7. The van der Waals surface area contributed by atoms with Crippen LogP contribution in [0.4, 0.5) is 0 Å². The second-order valence-corrected chi connectivity index (χ2v) is 8.72. The first-order valence-corrected chi connectivity index (χ1v) is 11.9. The van der Waals surface area contributed by atoms with Crippen molar-refractivity contribution in [3.63, 3.8) is 0 Å². The van der Waals surface area contributed by atoms with Crippen molar-refractivity contribution in [1.29, 1.82) is 0 Å². The molecule has 0 N–H and O–H groups in total. The van der Waals surface area contributed by atoms with Gasteiger partial charge in [0.15, 0.2) is 10.9 Å². The Morgan fingerprint density at radius 3 is 2.55 bits per heavy atom. The van der Waals surface area contributed by atoms with E-state index in [2.05, 4.69) is 10.2 Å². The highest BCUT2D eigenvalue weighted by atomic mass is 32.2. The predicted molar refractivity (Wildman–Crippen MR) is 127 cm³/mol. The van der Waals surface area contributed by atoms with Crippen LogP contribution in [0.2, 0.25) is 0 Å². The van der Waals surface area contributed by atoms with Crippen molar-refractivity contribution in [3.8, 4) is 23.0 Å². The number of thioether (sulfide) groups is 1. The van der Waals surface area contributed by atoms with Gasteiger partial charge in [-0.3, -0.25) is 9.36 Å². The van der Waals surface area contributed by atoms with E-state index >= 15 is 0 Å². The van der Waals surface area contributed by atoms with Crippen molar-refractivity contribution in [2.75, 3.05) is 20.2 Å². The summed E-state index contributed by atoms with van der Waals surface area (Å²) in [7, 11) is 1.65. The number of carbonyl (C=O) groups excluding carboxylic acids is 1. The Bertz CT molecular complexity index is 1230. The highest BCUT2D eigenvalue weighted by molar-refractivity contribution is 7.98. The van der Waals surface area contributed by atoms with Crippen LogP contribution in [0.1, 0.15) is 28.8 Å². The van der Waals surface area contributed by atoms with Gasteiger partial charge in [-0.1, -0.05) is 36.0 Å². The zero-order valence-corrected chi connectivity index (χ0v) is 19.1. The van der Waals surface area contributed by atoms with Crippen LogP contribution in [0.5, 0.6) is 5.75 Å². The molecule has 2 aromatic carbocycles. The minimum Gasteiger partial charge on any atom is -0.495 e. The minimum atomic E-state index is 0.116. The first kappa shape index (κ1) is 21.3. The molecule has 3 heterocycles. The fourth-order valence-corrected chi connectivity index (χ4v) is 4.86. The van der Waals surface area contributed by atoms with E-state index in [4.69, 9.17) is 9.15 Å². The van der Waals surface area contributed by atoms with Gasteiger partial charge in [-0.05, 0) is 54.8 Å². The summed E-state index contributed by atoms with van der Waals surface area (Å²) in [5.74, 6) is 2.76. The molecule has 0 atom stereocenters. The third kappa shape index (κ3) is 4.39. The molecule has 168 valence electrons. The van der Waals surface area contributed by atoms with Gasteiger partial charge in [-0.25, -0.2) is 0 Å². The lowest BCUT2D eigenvalue weighted by Gasteiger charge is -2.15. The molecule has 1 aliphatic heterocycles. The summed E-state index contributed by atoms with van der Waals surface area (Å²) in [6.07, 6.45) is 3.80. The van der Waals surface area contributed by atoms with E-state index in [1.165, 1.54) is 0 Å². The molecule has 1 aliphatic rings. The van der Waals surface area contributed by atoms with Crippen LogP contribution >= 0.6 is 11.8 Å². The Hall–Kier alpha value is -3.52. The van der Waals surface area contributed by atoms with Crippen molar-refractivity contribution in [2.45, 2.75) is 23.8 Å². The van der Waals surface area contributed by atoms with Crippen molar-refractivity contribution < 1.29 is 13.9 Å². The number of methoxy groups -OCH3 is 1. The number of hydrogen-bond donors (Lipinski definition) is 0. The van der Waals surface area contributed by atoms with Crippen molar-refractivity contribution in [1.82, 2.24) is 19.7 Å². The summed E-state index contributed by atoms with van der Waals surface area (Å²) in [5.41, 5.74) is 2.68. The monoisotopic (exact) mass is 460 g/mol. The maximum absolute atomic E-state index is 12.6. The predicted octanol–water partition coefficient (Wildman–Crippen LogP) is 5.06. The van der Waals surface area contributed by atoms with Crippen LogP contribution in [0.25, 0.3) is 17.3 Å². The third-order valence-electron chi connectivity index (χ3n) is 5.66. The van der Waals surface area contributed by atoms with E-state index in [0.717, 1.165) is 53.7 Å². The number of aromatic nitrogens is 3. The highest BCUT2D eigenvalue weighted by Crippen LogP contribution is 2.33. The van der Waals surface area contributed by atoms with Crippen molar-refractivity contribution in [3.05, 3.63) is 78.1 Å². The van der Waals surface area contributed by atoms with E-state index in [-0.39, 0.29) is 5.91 Å². The largest absolute Gasteiger partial charge is 0.495 e. The van der Waals surface area contributed by atoms with Gasteiger partial charge < -0.3 is 14.1 Å². The maximum Gasteiger partial charge on any atom is 0.253 e. The molecule has 1 fully saturated rings. The van der Waals surface area contributed by atoms with Crippen molar-refractivity contribution in [2.24, 2.45) is 0 Å². The highest BCUT2D eigenvalue weighted by Gasteiger charge is 2.21. The third-order valence-corrected chi connectivity index (χ3v) is 6.66. The van der Waals surface area contributed by atoms with Gasteiger partial charge in [-0.2, -0.15) is 0 Å². The molecule has 5 rings (SSSR count). The summed E-state index contributed by atoms with van der Waals surface area (Å²) in [4.78, 5) is 14.5. The molecule has 0 spiro atoms. The zero-order chi connectivity index (χ0) is 22.6.